The minimum Gasteiger partial charge on any atom is -0.451 e. The van der Waals surface area contributed by atoms with Crippen molar-refractivity contribution in [3.05, 3.63) is 108 Å². The van der Waals surface area contributed by atoms with Gasteiger partial charge in [-0.25, -0.2) is 4.79 Å². The largest absolute Gasteiger partial charge is 0.451 e. The monoisotopic (exact) mass is 412 g/mol. The molecule has 0 radical (unpaired) electrons. The van der Waals surface area contributed by atoms with Crippen molar-refractivity contribution in [2.75, 3.05) is 13.2 Å². The van der Waals surface area contributed by atoms with E-state index in [4.69, 9.17) is 4.74 Å². The van der Waals surface area contributed by atoms with Crippen LogP contribution < -0.4 is 0 Å². The topological polar surface area (TPSA) is 62.4 Å². The number of aromatic amines is 1. The zero-order chi connectivity index (χ0) is 21.5. The lowest BCUT2D eigenvalue weighted by Gasteiger charge is -2.23. The van der Waals surface area contributed by atoms with Gasteiger partial charge < -0.3 is 14.6 Å². The van der Waals surface area contributed by atoms with Crippen LogP contribution in [-0.4, -0.2) is 34.9 Å². The molecule has 1 amide bonds. The smallest absolute Gasteiger partial charge is 0.355 e. The Bertz CT molecular complexity index is 1120. The SMILES string of the molecule is O=C(OCC(=O)N(CCc1ccccc1)Cc1ccccc1)c1cc2ccccc2[nH]1. The highest BCUT2D eigenvalue weighted by Crippen LogP contribution is 2.15. The molecule has 4 rings (SSSR count). The summed E-state index contributed by atoms with van der Waals surface area (Å²) >= 11 is 0. The Morgan fingerprint density at radius 3 is 2.16 bits per heavy atom. The molecule has 0 aliphatic heterocycles. The molecule has 1 heterocycles. The van der Waals surface area contributed by atoms with Crippen LogP contribution >= 0.6 is 0 Å². The molecule has 0 fully saturated rings. The van der Waals surface area contributed by atoms with E-state index in [-0.39, 0.29) is 12.5 Å². The standard InChI is InChI=1S/C26H24N2O3/c29-25(19-31-26(30)24-17-22-13-7-8-14-23(22)27-24)28(18-21-11-5-2-6-12-21)16-15-20-9-3-1-4-10-20/h1-14,17,27H,15-16,18-19H2. The lowest BCUT2D eigenvalue weighted by atomic mass is 10.1. The second kappa shape index (κ2) is 9.76. The van der Waals surface area contributed by atoms with Gasteiger partial charge in [0.15, 0.2) is 6.61 Å². The van der Waals surface area contributed by atoms with Crippen LogP contribution in [0.4, 0.5) is 0 Å². The molecule has 31 heavy (non-hydrogen) atoms. The van der Waals surface area contributed by atoms with Gasteiger partial charge in [-0.3, -0.25) is 4.79 Å². The first-order valence-electron chi connectivity index (χ1n) is 10.3. The summed E-state index contributed by atoms with van der Waals surface area (Å²) in [6, 6.07) is 29.2. The van der Waals surface area contributed by atoms with E-state index in [1.165, 1.54) is 0 Å². The van der Waals surface area contributed by atoms with Gasteiger partial charge in [-0.2, -0.15) is 0 Å². The molecular weight excluding hydrogens is 388 g/mol. The summed E-state index contributed by atoms with van der Waals surface area (Å²) in [7, 11) is 0. The fourth-order valence-corrected chi connectivity index (χ4v) is 3.48. The Morgan fingerprint density at radius 1 is 0.806 bits per heavy atom. The number of aromatic nitrogens is 1. The molecule has 0 aliphatic carbocycles. The fraction of sp³-hybridized carbons (Fsp3) is 0.154. The number of nitrogens with one attached hydrogen (secondary N) is 1. The average Bonchev–Trinajstić information content (AvgIpc) is 3.26. The molecule has 1 N–H and O–H groups in total. The summed E-state index contributed by atoms with van der Waals surface area (Å²) in [6.07, 6.45) is 0.732. The van der Waals surface area contributed by atoms with Crippen LogP contribution in [0, 0.1) is 0 Å². The number of amides is 1. The number of hydrogen-bond donors (Lipinski definition) is 1. The lowest BCUT2D eigenvalue weighted by Crippen LogP contribution is -2.35. The molecule has 1 aromatic heterocycles. The van der Waals surface area contributed by atoms with Crippen LogP contribution in [0.15, 0.2) is 91.0 Å². The van der Waals surface area contributed by atoms with Crippen LogP contribution in [0.2, 0.25) is 0 Å². The van der Waals surface area contributed by atoms with E-state index < -0.39 is 5.97 Å². The molecule has 0 saturated heterocycles. The molecular formula is C26H24N2O3. The van der Waals surface area contributed by atoms with Gasteiger partial charge in [-0.05, 0) is 29.7 Å². The van der Waals surface area contributed by atoms with Gasteiger partial charge >= 0.3 is 5.97 Å². The third kappa shape index (κ3) is 5.39. The molecule has 5 heteroatoms. The number of ether oxygens (including phenoxy) is 1. The van der Waals surface area contributed by atoms with Crippen molar-refractivity contribution in [3.63, 3.8) is 0 Å². The van der Waals surface area contributed by atoms with E-state index in [9.17, 15) is 9.59 Å². The van der Waals surface area contributed by atoms with Crippen molar-refractivity contribution >= 4 is 22.8 Å². The van der Waals surface area contributed by atoms with E-state index in [0.29, 0.717) is 18.8 Å². The number of rotatable bonds is 8. The van der Waals surface area contributed by atoms with E-state index in [0.717, 1.165) is 28.5 Å². The van der Waals surface area contributed by atoms with E-state index in [1.807, 2.05) is 84.9 Å². The van der Waals surface area contributed by atoms with Crippen LogP contribution in [0.5, 0.6) is 0 Å². The molecule has 5 nitrogen and oxygen atoms in total. The van der Waals surface area contributed by atoms with Gasteiger partial charge in [-0.1, -0.05) is 78.9 Å². The Morgan fingerprint density at radius 2 is 1.45 bits per heavy atom. The maximum absolute atomic E-state index is 12.9. The molecule has 0 atom stereocenters. The number of hydrogen-bond acceptors (Lipinski definition) is 3. The van der Waals surface area contributed by atoms with E-state index in [1.54, 1.807) is 11.0 Å². The summed E-state index contributed by atoms with van der Waals surface area (Å²) in [4.78, 5) is 30.1. The Hall–Kier alpha value is -3.86. The number of esters is 1. The second-order valence-corrected chi connectivity index (χ2v) is 7.38. The van der Waals surface area contributed by atoms with Crippen molar-refractivity contribution in [3.8, 4) is 0 Å². The van der Waals surface area contributed by atoms with Crippen molar-refractivity contribution in [2.45, 2.75) is 13.0 Å². The Kier molecular flexibility index (Phi) is 6.43. The summed E-state index contributed by atoms with van der Waals surface area (Å²) < 4.78 is 5.33. The van der Waals surface area contributed by atoms with Crippen LogP contribution in [0.1, 0.15) is 21.6 Å². The highest BCUT2D eigenvalue weighted by Gasteiger charge is 2.18. The highest BCUT2D eigenvalue weighted by molar-refractivity contribution is 5.95. The fourth-order valence-electron chi connectivity index (χ4n) is 3.48. The summed E-state index contributed by atoms with van der Waals surface area (Å²) in [6.45, 7) is 0.716. The van der Waals surface area contributed by atoms with E-state index >= 15 is 0 Å². The predicted molar refractivity (Wildman–Crippen MR) is 121 cm³/mol. The Labute approximate surface area is 181 Å². The molecule has 0 spiro atoms. The van der Waals surface area contributed by atoms with Crippen molar-refractivity contribution in [2.24, 2.45) is 0 Å². The van der Waals surface area contributed by atoms with Gasteiger partial charge in [0.2, 0.25) is 0 Å². The predicted octanol–water partition coefficient (Wildman–Crippen LogP) is 4.60. The van der Waals surface area contributed by atoms with Crippen molar-refractivity contribution in [1.29, 1.82) is 0 Å². The number of para-hydroxylation sites is 1. The van der Waals surface area contributed by atoms with Crippen LogP contribution in [-0.2, 0) is 22.5 Å². The number of fused-ring (bicyclic) bond motifs is 1. The first-order chi connectivity index (χ1) is 15.2. The maximum Gasteiger partial charge on any atom is 0.355 e. The quantitative estimate of drug-likeness (QED) is 0.430. The first kappa shape index (κ1) is 20.4. The van der Waals surface area contributed by atoms with Crippen molar-refractivity contribution < 1.29 is 14.3 Å². The molecule has 0 bridgehead atoms. The minimum absolute atomic E-state index is 0.218. The number of carbonyl (C=O) groups excluding carboxylic acids is 2. The molecule has 156 valence electrons. The molecule has 4 aromatic rings. The number of carbonyl (C=O) groups is 2. The molecule has 3 aromatic carbocycles. The van der Waals surface area contributed by atoms with Crippen LogP contribution in [0.3, 0.4) is 0 Å². The second-order valence-electron chi connectivity index (χ2n) is 7.38. The maximum atomic E-state index is 12.9. The van der Waals surface area contributed by atoms with Crippen LogP contribution in [0.25, 0.3) is 10.9 Å². The zero-order valence-corrected chi connectivity index (χ0v) is 17.2. The molecule has 0 unspecified atom stereocenters. The average molecular weight is 412 g/mol. The third-order valence-corrected chi connectivity index (χ3v) is 5.16. The lowest BCUT2D eigenvalue weighted by molar-refractivity contribution is -0.135. The number of H-pyrrole nitrogens is 1. The highest BCUT2D eigenvalue weighted by atomic mass is 16.5. The summed E-state index contributed by atoms with van der Waals surface area (Å²) in [5.41, 5.74) is 3.39. The molecule has 0 saturated carbocycles. The third-order valence-electron chi connectivity index (χ3n) is 5.16. The van der Waals surface area contributed by atoms with Gasteiger partial charge in [0.1, 0.15) is 5.69 Å². The van der Waals surface area contributed by atoms with Crippen molar-refractivity contribution in [1.82, 2.24) is 9.88 Å². The summed E-state index contributed by atoms with van der Waals surface area (Å²) in [5.74, 6) is -0.753. The van der Waals surface area contributed by atoms with Gasteiger partial charge in [0.05, 0.1) is 0 Å². The zero-order valence-electron chi connectivity index (χ0n) is 17.2. The molecule has 0 aliphatic rings. The number of nitrogens with zero attached hydrogens (tertiary/aromatic N) is 1. The van der Waals surface area contributed by atoms with Gasteiger partial charge in [0.25, 0.3) is 5.91 Å². The Balaban J connectivity index is 1.40. The number of benzene rings is 3. The van der Waals surface area contributed by atoms with Gasteiger partial charge in [-0.15, -0.1) is 0 Å². The first-order valence-corrected chi connectivity index (χ1v) is 10.3. The summed E-state index contributed by atoms with van der Waals surface area (Å²) in [5, 5.41) is 0.925. The minimum atomic E-state index is -0.535. The van der Waals surface area contributed by atoms with Gasteiger partial charge in [0, 0.05) is 24.0 Å². The normalized spacial score (nSPS) is 10.7. The van der Waals surface area contributed by atoms with E-state index in [2.05, 4.69) is 4.98 Å².